The van der Waals surface area contributed by atoms with Crippen LogP contribution >= 0.6 is 23.4 Å². The summed E-state index contributed by atoms with van der Waals surface area (Å²) in [7, 11) is 1.91. The molecule has 2 aromatic carbocycles. The lowest BCUT2D eigenvalue weighted by molar-refractivity contribution is 0.290. The van der Waals surface area contributed by atoms with Crippen molar-refractivity contribution in [3.05, 3.63) is 65.2 Å². The maximum absolute atomic E-state index is 6.12. The zero-order valence-corrected chi connectivity index (χ0v) is 16.3. The van der Waals surface area contributed by atoms with Crippen LogP contribution in [0.2, 0.25) is 5.02 Å². The first-order valence-electron chi connectivity index (χ1n) is 8.26. The minimum Gasteiger partial charge on any atom is -0.484 e. The summed E-state index contributed by atoms with van der Waals surface area (Å²) >= 11 is 7.58. The quantitative estimate of drug-likeness (QED) is 0.463. The first kappa shape index (κ1) is 17.8. The average molecular weight is 398 g/mol. The van der Waals surface area contributed by atoms with Crippen molar-refractivity contribution in [3.63, 3.8) is 0 Å². The number of halogens is 1. The molecular weight excluding hydrogens is 382 g/mol. The third-order valence-corrected chi connectivity index (χ3v) is 5.43. The van der Waals surface area contributed by atoms with E-state index in [1.807, 2.05) is 48.9 Å². The lowest BCUT2D eigenvalue weighted by Crippen LogP contribution is -2.04. The van der Waals surface area contributed by atoms with Crippen molar-refractivity contribution in [2.45, 2.75) is 23.7 Å². The zero-order chi connectivity index (χ0) is 18.8. The Hall–Kier alpha value is -2.64. The van der Waals surface area contributed by atoms with Gasteiger partial charge in [0.2, 0.25) is 0 Å². The summed E-state index contributed by atoms with van der Waals surface area (Å²) in [6.45, 7) is 2.32. The topological polar surface area (TPSA) is 65.7 Å². The third-order valence-electron chi connectivity index (χ3n) is 4.06. The lowest BCUT2D eigenvalue weighted by Gasteiger charge is -2.08. The number of aryl methyl sites for hydroxylation is 1. The van der Waals surface area contributed by atoms with Crippen LogP contribution in [0.5, 0.6) is 5.75 Å². The van der Waals surface area contributed by atoms with Crippen LogP contribution in [-0.2, 0) is 13.7 Å². The predicted molar refractivity (Wildman–Crippen MR) is 105 cm³/mol. The molecule has 0 N–H and O–H groups in total. The molecule has 2 aromatic heterocycles. The fourth-order valence-corrected chi connectivity index (χ4v) is 3.64. The molecule has 4 aromatic rings. The summed E-state index contributed by atoms with van der Waals surface area (Å²) in [6.07, 6.45) is 1.57. The second-order valence-electron chi connectivity index (χ2n) is 5.98. The average Bonchev–Trinajstić information content (AvgIpc) is 3.01. The molecule has 0 aliphatic rings. The molecule has 2 heterocycles. The van der Waals surface area contributed by atoms with Crippen molar-refractivity contribution in [2.24, 2.45) is 7.05 Å². The molecule has 0 fully saturated rings. The van der Waals surface area contributed by atoms with Gasteiger partial charge in [0.25, 0.3) is 0 Å². The van der Waals surface area contributed by atoms with Gasteiger partial charge < -0.3 is 9.30 Å². The van der Waals surface area contributed by atoms with Crippen molar-refractivity contribution in [1.29, 1.82) is 0 Å². The SMILES string of the molecule is Cc1ccc2ncnc(Sc3nnc(COc4ccccc4Cl)n3C)c2c1. The Morgan fingerprint density at radius 2 is 1.96 bits per heavy atom. The van der Waals surface area contributed by atoms with Gasteiger partial charge in [0, 0.05) is 12.4 Å². The highest BCUT2D eigenvalue weighted by atomic mass is 35.5. The predicted octanol–water partition coefficient (Wildman–Crippen LogP) is 4.45. The molecule has 0 saturated carbocycles. The van der Waals surface area contributed by atoms with E-state index < -0.39 is 0 Å². The number of hydrogen-bond acceptors (Lipinski definition) is 6. The summed E-state index contributed by atoms with van der Waals surface area (Å²) in [5.74, 6) is 1.32. The summed E-state index contributed by atoms with van der Waals surface area (Å²) < 4.78 is 7.66. The maximum atomic E-state index is 6.12. The number of benzene rings is 2. The summed E-state index contributed by atoms with van der Waals surface area (Å²) in [5, 5.41) is 11.7. The van der Waals surface area contributed by atoms with E-state index in [0.717, 1.165) is 26.6 Å². The summed E-state index contributed by atoms with van der Waals surface area (Å²) in [4.78, 5) is 8.74. The van der Waals surface area contributed by atoms with Crippen LogP contribution in [0, 0.1) is 6.92 Å². The Balaban J connectivity index is 1.56. The van der Waals surface area contributed by atoms with Crippen LogP contribution in [0.4, 0.5) is 0 Å². The zero-order valence-electron chi connectivity index (χ0n) is 14.8. The fraction of sp³-hybridized carbons (Fsp3) is 0.158. The Morgan fingerprint density at radius 1 is 1.11 bits per heavy atom. The van der Waals surface area contributed by atoms with Gasteiger partial charge in [0.15, 0.2) is 11.0 Å². The van der Waals surface area contributed by atoms with Crippen molar-refractivity contribution < 1.29 is 4.74 Å². The second kappa shape index (κ2) is 7.54. The van der Waals surface area contributed by atoms with Gasteiger partial charge in [-0.15, -0.1) is 10.2 Å². The summed E-state index contributed by atoms with van der Waals surface area (Å²) in [6, 6.07) is 13.5. The number of aromatic nitrogens is 5. The molecule has 0 bridgehead atoms. The van der Waals surface area contributed by atoms with Gasteiger partial charge in [-0.1, -0.05) is 35.4 Å². The van der Waals surface area contributed by atoms with E-state index in [1.165, 1.54) is 11.8 Å². The minimum absolute atomic E-state index is 0.275. The van der Waals surface area contributed by atoms with Gasteiger partial charge in [-0.05, 0) is 43.0 Å². The van der Waals surface area contributed by atoms with E-state index in [9.17, 15) is 0 Å². The van der Waals surface area contributed by atoms with Crippen molar-refractivity contribution in [3.8, 4) is 5.75 Å². The van der Waals surface area contributed by atoms with Crippen LogP contribution in [0.15, 0.2) is 59.0 Å². The van der Waals surface area contributed by atoms with Gasteiger partial charge in [-0.3, -0.25) is 0 Å². The smallest absolute Gasteiger partial charge is 0.197 e. The van der Waals surface area contributed by atoms with E-state index in [4.69, 9.17) is 16.3 Å². The minimum atomic E-state index is 0.275. The van der Waals surface area contributed by atoms with Crippen LogP contribution in [0.3, 0.4) is 0 Å². The molecular formula is C19H16ClN5OS. The Kier molecular flexibility index (Phi) is 4.96. The number of rotatable bonds is 5. The van der Waals surface area contributed by atoms with Crippen LogP contribution in [-0.4, -0.2) is 24.7 Å². The lowest BCUT2D eigenvalue weighted by atomic mass is 10.2. The molecule has 0 aliphatic carbocycles. The molecule has 8 heteroatoms. The van der Waals surface area contributed by atoms with E-state index in [0.29, 0.717) is 16.6 Å². The number of fused-ring (bicyclic) bond motifs is 1. The van der Waals surface area contributed by atoms with E-state index in [1.54, 1.807) is 12.4 Å². The normalized spacial score (nSPS) is 11.1. The highest BCUT2D eigenvalue weighted by molar-refractivity contribution is 7.99. The molecule has 0 radical (unpaired) electrons. The summed E-state index contributed by atoms with van der Waals surface area (Å²) in [5.41, 5.74) is 2.06. The highest BCUT2D eigenvalue weighted by Gasteiger charge is 2.14. The van der Waals surface area contributed by atoms with Crippen molar-refractivity contribution in [1.82, 2.24) is 24.7 Å². The van der Waals surface area contributed by atoms with E-state index >= 15 is 0 Å². The standard InChI is InChI=1S/C19H16ClN5OS/c1-12-7-8-15-13(9-12)18(22-11-21-15)27-19-24-23-17(25(19)2)10-26-16-6-4-3-5-14(16)20/h3-9,11H,10H2,1-2H3. The largest absolute Gasteiger partial charge is 0.484 e. The Labute approximate surface area is 165 Å². The van der Waals surface area contributed by atoms with Gasteiger partial charge in [0.1, 0.15) is 23.7 Å². The van der Waals surface area contributed by atoms with Gasteiger partial charge in [-0.2, -0.15) is 0 Å². The van der Waals surface area contributed by atoms with Gasteiger partial charge in [-0.25, -0.2) is 9.97 Å². The highest BCUT2D eigenvalue weighted by Crippen LogP contribution is 2.30. The number of ether oxygens (including phenoxy) is 1. The molecule has 0 unspecified atom stereocenters. The van der Waals surface area contributed by atoms with Crippen molar-refractivity contribution >= 4 is 34.3 Å². The van der Waals surface area contributed by atoms with Gasteiger partial charge >= 0.3 is 0 Å². The fourth-order valence-electron chi connectivity index (χ4n) is 2.58. The van der Waals surface area contributed by atoms with Crippen LogP contribution < -0.4 is 4.74 Å². The van der Waals surface area contributed by atoms with Gasteiger partial charge in [0.05, 0.1) is 10.5 Å². The molecule has 6 nitrogen and oxygen atoms in total. The molecule has 0 aliphatic heterocycles. The molecule has 27 heavy (non-hydrogen) atoms. The molecule has 0 amide bonds. The molecule has 0 atom stereocenters. The number of hydrogen-bond donors (Lipinski definition) is 0. The van der Waals surface area contributed by atoms with Crippen molar-refractivity contribution in [2.75, 3.05) is 0 Å². The number of nitrogens with zero attached hydrogens (tertiary/aromatic N) is 5. The van der Waals surface area contributed by atoms with E-state index in [2.05, 4.69) is 26.2 Å². The molecule has 136 valence electrons. The molecule has 4 rings (SSSR count). The first-order valence-corrected chi connectivity index (χ1v) is 9.46. The Morgan fingerprint density at radius 3 is 2.81 bits per heavy atom. The Bertz CT molecular complexity index is 1110. The first-order chi connectivity index (χ1) is 13.1. The number of para-hydroxylation sites is 1. The monoisotopic (exact) mass is 397 g/mol. The van der Waals surface area contributed by atoms with E-state index in [-0.39, 0.29) is 6.61 Å². The molecule has 0 spiro atoms. The maximum Gasteiger partial charge on any atom is 0.197 e. The molecule has 0 saturated heterocycles. The third kappa shape index (κ3) is 3.74. The van der Waals surface area contributed by atoms with Crippen LogP contribution in [0.25, 0.3) is 10.9 Å². The second-order valence-corrected chi connectivity index (χ2v) is 7.34. The van der Waals surface area contributed by atoms with Crippen LogP contribution in [0.1, 0.15) is 11.4 Å².